The SMILES string of the molecule is CC(C)(C)OC(=O)N1CCC(n2cc(N)c(C(F)F)n2)CC1.CC(C)(C)OC(=O)N1CCC(n2cc(NC(=O)c3cnn4ccc(N5CCOCC5)nc34)c(C(F)F)n2)CC1.Cl.O=C(Nc1cn(C2CCNCC2)nc1C(F)F)c1cnn2ccc(N3CCOCC3)nc12.O=C(O)c1cnn2ccc(N3CCOCC3)nc12.O=C(On1nnc2cccnc21)c1cnn2ccc(N3CCOCC3)nc12.[2H]CF.[2H]CF. The topological polar surface area (TPSA) is 487 Å². The molecule has 0 saturated carbocycles. The zero-order valence-electron chi connectivity index (χ0n) is 80.9. The number of nitrogens with two attached hydrogens (primary N) is 1. The number of rotatable bonds is 17. The number of carboxylic acid groups (broad SMARTS) is 1. The maximum absolute atomic E-state index is 13.9. The van der Waals surface area contributed by atoms with Crippen LogP contribution in [-0.2, 0) is 28.4 Å². The molecule has 0 unspecified atom stereocenters. The van der Waals surface area contributed by atoms with Gasteiger partial charge in [-0.15, -0.1) is 17.5 Å². The number of alkyl halides is 8. The summed E-state index contributed by atoms with van der Waals surface area (Å²) in [5.74, 6) is 0.0745. The lowest BCUT2D eigenvalue weighted by molar-refractivity contribution is 0.0174. The summed E-state index contributed by atoms with van der Waals surface area (Å²) in [6.45, 7) is 25.0. The molecule has 7 fully saturated rings. The van der Waals surface area contributed by atoms with Gasteiger partial charge < -0.3 is 89.4 Å². The van der Waals surface area contributed by atoms with Gasteiger partial charge in [-0.25, -0.2) is 88.5 Å². The van der Waals surface area contributed by atoms with E-state index in [1.54, 1.807) is 84.4 Å². The number of nitrogens with zero attached hydrogens (tertiary/aromatic N) is 28. The molecule has 0 radical (unpaired) electrons. The third kappa shape index (κ3) is 26.5. The molecule has 46 nitrogen and oxygen atoms in total. The Hall–Kier alpha value is -14.4. The zero-order valence-corrected chi connectivity index (χ0v) is 79.7. The van der Waals surface area contributed by atoms with Crippen LogP contribution in [0.1, 0.15) is 179 Å². The first-order valence-electron chi connectivity index (χ1n) is 46.8. The van der Waals surface area contributed by atoms with Crippen LogP contribution < -0.4 is 46.1 Å². The first kappa shape index (κ1) is 103. The van der Waals surface area contributed by atoms with Crippen molar-refractivity contribution >= 4 is 122 Å². The van der Waals surface area contributed by atoms with Gasteiger partial charge in [0.1, 0.15) is 62.2 Å². The minimum Gasteiger partial charge on any atom is -0.477 e. The molecule has 55 heteroatoms. The quantitative estimate of drug-likeness (QED) is 0.0418. The lowest BCUT2D eigenvalue weighted by Gasteiger charge is -2.33. The van der Waals surface area contributed by atoms with Crippen LogP contribution in [0.15, 0.2) is 111 Å². The molecule has 4 amide bonds. The third-order valence-electron chi connectivity index (χ3n) is 23.1. The highest BCUT2D eigenvalue weighted by molar-refractivity contribution is 6.09. The van der Waals surface area contributed by atoms with Crippen LogP contribution in [0, 0.1) is 0 Å². The smallest absolute Gasteiger partial charge is 0.410 e. The van der Waals surface area contributed by atoms with E-state index in [9.17, 15) is 63.9 Å². The molecular weight excluding hydrogens is 1920 g/mol. The summed E-state index contributed by atoms with van der Waals surface area (Å²) in [6, 6.07) is 10.6. The van der Waals surface area contributed by atoms with E-state index in [0.29, 0.717) is 176 Å². The maximum atomic E-state index is 13.9. The van der Waals surface area contributed by atoms with Gasteiger partial charge in [-0.05, 0) is 140 Å². The lowest BCUT2D eigenvalue weighted by atomic mass is 10.1. The number of ether oxygens (including phenoxy) is 6. The molecule has 770 valence electrons. The molecule has 13 aromatic rings. The van der Waals surface area contributed by atoms with E-state index in [4.69, 9.17) is 46.8 Å². The fourth-order valence-corrected chi connectivity index (χ4v) is 16.1. The van der Waals surface area contributed by atoms with Gasteiger partial charge >= 0.3 is 24.1 Å². The van der Waals surface area contributed by atoms with Crippen molar-refractivity contribution in [2.24, 2.45) is 0 Å². The monoisotopic (exact) mass is 2030 g/mol. The number of anilines is 7. The molecule has 20 heterocycles. The second-order valence-electron chi connectivity index (χ2n) is 34.8. The van der Waals surface area contributed by atoms with E-state index >= 15 is 0 Å². The van der Waals surface area contributed by atoms with Crippen molar-refractivity contribution in [2.45, 2.75) is 129 Å². The molecule has 20 rings (SSSR count). The van der Waals surface area contributed by atoms with Crippen molar-refractivity contribution in [1.29, 1.82) is 0 Å². The maximum Gasteiger partial charge on any atom is 0.410 e. The summed E-state index contributed by atoms with van der Waals surface area (Å²) in [7, 11) is -2.00. The number of hydrogen-bond acceptors (Lipinski definition) is 33. The second-order valence-corrected chi connectivity index (χ2v) is 34.8. The Balaban J connectivity index is 0.000000152. The van der Waals surface area contributed by atoms with E-state index in [1.807, 2.05) is 43.9 Å². The predicted molar refractivity (Wildman–Crippen MR) is 504 cm³/mol. The Morgan fingerprint density at radius 1 is 0.476 bits per heavy atom. The Labute approximate surface area is 820 Å². The van der Waals surface area contributed by atoms with Crippen LogP contribution >= 0.6 is 12.4 Å². The number of pyridine rings is 1. The first-order chi connectivity index (χ1) is 69.2. The molecule has 13 aromatic heterocycles. The minimum atomic E-state index is -2.89. The van der Waals surface area contributed by atoms with Gasteiger partial charge in [-0.2, -0.15) is 35.7 Å². The number of morpholine rings is 4. The Kier molecular flexibility index (Phi) is 34.8. The Morgan fingerprint density at radius 3 is 1.17 bits per heavy atom. The number of carbonyl (C=O) groups is 6. The average Bonchev–Trinajstić information content (AvgIpc) is 1.67. The van der Waals surface area contributed by atoms with Crippen molar-refractivity contribution in [3.8, 4) is 0 Å². The van der Waals surface area contributed by atoms with E-state index in [-0.39, 0.29) is 81.6 Å². The zero-order chi connectivity index (χ0) is 102. The molecule has 0 bridgehead atoms. The minimum absolute atomic E-state index is 0. The van der Waals surface area contributed by atoms with Crippen LogP contribution in [0.2, 0.25) is 0 Å². The van der Waals surface area contributed by atoms with Gasteiger partial charge in [-0.3, -0.25) is 32.4 Å². The third-order valence-corrected chi connectivity index (χ3v) is 23.1. The number of hydrogen-bond donors (Lipinski definition) is 5. The highest BCUT2D eigenvalue weighted by Crippen LogP contribution is 2.36. The molecule has 143 heavy (non-hydrogen) atoms. The van der Waals surface area contributed by atoms with Crippen LogP contribution in [-0.4, -0.2) is 329 Å². The average molecular weight is 2030 g/mol. The van der Waals surface area contributed by atoms with Crippen LogP contribution in [0.25, 0.3) is 33.8 Å². The normalized spacial score (nSPS) is 16.4. The van der Waals surface area contributed by atoms with Crippen molar-refractivity contribution in [1.82, 2.24) is 123 Å². The van der Waals surface area contributed by atoms with Crippen molar-refractivity contribution < 1.29 is 105 Å². The number of aromatic nitrogens is 22. The number of carbonyl (C=O) groups excluding carboxylic acids is 5. The fourth-order valence-electron chi connectivity index (χ4n) is 16.1. The van der Waals surface area contributed by atoms with E-state index < -0.39 is 86.0 Å². The highest BCUT2D eigenvalue weighted by Gasteiger charge is 2.35. The van der Waals surface area contributed by atoms with Gasteiger partial charge in [0.25, 0.3) is 31.1 Å². The van der Waals surface area contributed by atoms with Crippen LogP contribution in [0.3, 0.4) is 0 Å². The molecule has 0 spiro atoms. The molecule has 7 saturated heterocycles. The largest absolute Gasteiger partial charge is 0.477 e. The molecule has 0 aromatic carbocycles. The summed E-state index contributed by atoms with van der Waals surface area (Å²) in [5, 5.41) is 53.7. The summed E-state index contributed by atoms with van der Waals surface area (Å²) in [4.78, 5) is 114. The van der Waals surface area contributed by atoms with E-state index in [0.717, 1.165) is 68.6 Å². The molecule has 0 aliphatic carbocycles. The number of carboxylic acids is 1. The molecule has 6 N–H and O–H groups in total. The molecular formula is C88H111ClF8N32O14. The molecule has 7 aliphatic heterocycles. The summed E-state index contributed by atoms with van der Waals surface area (Å²) >= 11 is 0. The van der Waals surface area contributed by atoms with Gasteiger partial charge in [-0.1, -0.05) is 0 Å². The highest BCUT2D eigenvalue weighted by atomic mass is 35.5. The lowest BCUT2D eigenvalue weighted by Crippen LogP contribution is -2.42. The standard InChI is InChI=1S/C25H32F2N8O4.C20H24F2N8O2.C16H14N8O3.C14H22F2N4O2.C11H12N4O3.2CH3F.ClH/c1-25(2,3)39-24(37)33-7-4-16(5-8-33)35-15-18(20(31-35)21(26)27)29-23(36)17-14-28-34-9-6-19(30-22(17)34)32-10-12-38-13-11-32;21-18(22)17-15(12-30(27-17)13-1-4-23-5-2-13)25-20(31)14-11-24-29-6-3-16(26-19(14)29)28-7-9-32-10-8-28;25-16(27-24-15-12(20-21-24)2-1-4-17-15)11-10-18-23-5-3-13(19-14(11)23)22-6-8-26-9-7-22;1-14(2,3)22-13(21)19-6-4-9(5-7-19)20-8-10(17)11(18-20)12(15)16;16-11(17)8-7-12-15-2-1-9(13-10(8)15)14-3-5-18-6-4-14;2*1-2;/h6,9,14-16,21H,4-5,7-8,10-13H2,1-3H3,(H,29,36);3,6,11-13,18,23H,1-2,4-5,7-10H2,(H,25,31);1-5,10H,6-9H2;8-9,12H,4-7,17H2,1-3H3;1-2,7H,3-6H2,(H,16,17);2*1H3;1H/i;;;;;2*1D;. The van der Waals surface area contributed by atoms with Gasteiger partial charge in [0.2, 0.25) is 5.65 Å². The number of aromatic carboxylic acids is 1. The van der Waals surface area contributed by atoms with Crippen molar-refractivity contribution in [3.05, 3.63) is 150 Å². The predicted octanol–water partition coefficient (Wildman–Crippen LogP) is 10.2. The summed E-state index contributed by atoms with van der Waals surface area (Å²) in [6.07, 6.45) is 13.1. The Morgan fingerprint density at radius 2 is 0.811 bits per heavy atom. The Bertz CT molecular complexity index is 6490. The van der Waals surface area contributed by atoms with Gasteiger partial charge in [0.15, 0.2) is 39.7 Å². The first-order valence-corrected chi connectivity index (χ1v) is 45.4. The summed E-state index contributed by atoms with van der Waals surface area (Å²) in [5.41, 5.74) is 6.04. The van der Waals surface area contributed by atoms with E-state index in [2.05, 4.69) is 102 Å². The van der Waals surface area contributed by atoms with Crippen LogP contribution in [0.5, 0.6) is 0 Å². The number of piperidine rings is 3. The van der Waals surface area contributed by atoms with Gasteiger partial charge in [0.05, 0.1) is 130 Å². The van der Waals surface area contributed by atoms with Crippen LogP contribution in [0.4, 0.5) is 85.0 Å². The number of nitrogens with one attached hydrogen (secondary N) is 3. The fraction of sp³-hybridized carbons (Fsp3) is 0.500. The number of fused-ring (bicyclic) bond motifs is 5. The van der Waals surface area contributed by atoms with E-state index in [1.165, 1.54) is 70.8 Å². The number of likely N-dealkylation sites (tertiary alicyclic amines) is 2. The molecule has 7 aliphatic rings. The van der Waals surface area contributed by atoms with Gasteiger partial charge in [0, 0.05) is 128 Å². The molecule has 0 atom stereocenters. The number of halogens is 9. The number of nitrogen functional groups attached to an aromatic ring is 1. The van der Waals surface area contributed by atoms with Crippen molar-refractivity contribution in [3.63, 3.8) is 0 Å². The van der Waals surface area contributed by atoms with Crippen molar-refractivity contribution in [2.75, 3.05) is 195 Å². The second kappa shape index (κ2) is 48.4. The summed E-state index contributed by atoms with van der Waals surface area (Å²) < 4.78 is 154. The number of amides is 4.